The van der Waals surface area contributed by atoms with Crippen molar-refractivity contribution in [2.45, 2.75) is 37.8 Å². The van der Waals surface area contributed by atoms with E-state index in [0.717, 1.165) is 48.7 Å². The monoisotopic (exact) mass is 375 g/mol. The summed E-state index contributed by atoms with van der Waals surface area (Å²) in [7, 11) is 0. The van der Waals surface area contributed by atoms with Crippen LogP contribution >= 0.6 is 11.8 Å². The quantitative estimate of drug-likeness (QED) is 0.752. The number of carbonyl (C=O) groups is 1. The lowest BCUT2D eigenvalue weighted by Crippen LogP contribution is -2.44. The zero-order valence-corrected chi connectivity index (χ0v) is 15.9. The fourth-order valence-electron chi connectivity index (χ4n) is 3.79. The van der Waals surface area contributed by atoms with E-state index in [2.05, 4.69) is 17.6 Å². The van der Waals surface area contributed by atoms with Crippen LogP contribution in [0.3, 0.4) is 0 Å². The Hall–Kier alpha value is -1.57. The van der Waals surface area contributed by atoms with Gasteiger partial charge in [0.25, 0.3) is 0 Å². The number of aryl methyl sites for hydroxylation is 1. The van der Waals surface area contributed by atoms with Crippen molar-refractivity contribution in [3.8, 4) is 0 Å². The molecule has 2 aliphatic heterocycles. The first-order valence-corrected chi connectivity index (χ1v) is 10.3. The second-order valence-electron chi connectivity index (χ2n) is 6.77. The van der Waals surface area contributed by atoms with Gasteiger partial charge in [-0.2, -0.15) is 0 Å². The molecule has 0 bridgehead atoms. The number of imidazole rings is 1. The van der Waals surface area contributed by atoms with Crippen LogP contribution in [0.5, 0.6) is 0 Å². The molecule has 7 heteroatoms. The van der Waals surface area contributed by atoms with Crippen molar-refractivity contribution in [2.75, 3.05) is 32.1 Å². The van der Waals surface area contributed by atoms with Crippen molar-refractivity contribution in [3.05, 3.63) is 24.3 Å². The number of hydrogen-bond donors (Lipinski definition) is 0. The van der Waals surface area contributed by atoms with Crippen LogP contribution < -0.4 is 0 Å². The van der Waals surface area contributed by atoms with Crippen LogP contribution in [0, 0.1) is 5.92 Å². The number of hydrogen-bond acceptors (Lipinski definition) is 5. The van der Waals surface area contributed by atoms with Crippen LogP contribution in [0.1, 0.15) is 19.8 Å². The number of para-hydroxylation sites is 2. The second-order valence-corrected chi connectivity index (χ2v) is 7.71. The fourth-order valence-corrected chi connectivity index (χ4v) is 4.78. The lowest BCUT2D eigenvalue weighted by atomic mass is 9.97. The number of rotatable bonds is 5. The SMILES string of the molecule is CCn1c(SCC(=O)N2CCCC(C3OCCO3)C2)nc2ccccc21. The van der Waals surface area contributed by atoms with E-state index in [1.807, 2.05) is 23.1 Å². The minimum absolute atomic E-state index is 0.137. The molecule has 0 saturated carbocycles. The van der Waals surface area contributed by atoms with E-state index in [1.54, 1.807) is 0 Å². The minimum atomic E-state index is -0.137. The molecule has 2 saturated heterocycles. The Bertz CT molecular complexity index is 772. The molecule has 1 amide bonds. The molecule has 26 heavy (non-hydrogen) atoms. The number of amides is 1. The van der Waals surface area contributed by atoms with E-state index in [0.29, 0.717) is 24.9 Å². The molecule has 0 radical (unpaired) electrons. The van der Waals surface area contributed by atoms with E-state index in [4.69, 9.17) is 14.5 Å². The summed E-state index contributed by atoms with van der Waals surface area (Å²) in [5.41, 5.74) is 2.11. The number of fused-ring (bicyclic) bond motifs is 1. The summed E-state index contributed by atoms with van der Waals surface area (Å²) in [6.45, 7) is 5.84. The highest BCUT2D eigenvalue weighted by Gasteiger charge is 2.32. The number of nitrogens with zero attached hydrogens (tertiary/aromatic N) is 3. The van der Waals surface area contributed by atoms with E-state index in [9.17, 15) is 4.79 Å². The molecule has 2 fully saturated rings. The van der Waals surface area contributed by atoms with E-state index < -0.39 is 0 Å². The average Bonchev–Trinajstić information content (AvgIpc) is 3.33. The normalized spacial score (nSPS) is 21.6. The fraction of sp³-hybridized carbons (Fsp3) is 0.579. The van der Waals surface area contributed by atoms with Crippen molar-refractivity contribution >= 4 is 28.7 Å². The van der Waals surface area contributed by atoms with Gasteiger partial charge in [0.15, 0.2) is 11.4 Å². The first kappa shape index (κ1) is 17.8. The summed E-state index contributed by atoms with van der Waals surface area (Å²) in [4.78, 5) is 19.4. The lowest BCUT2D eigenvalue weighted by Gasteiger charge is -2.34. The van der Waals surface area contributed by atoms with Gasteiger partial charge in [0.05, 0.1) is 30.0 Å². The third-order valence-electron chi connectivity index (χ3n) is 5.10. The molecule has 0 N–H and O–H groups in total. The largest absolute Gasteiger partial charge is 0.350 e. The predicted molar refractivity (Wildman–Crippen MR) is 101 cm³/mol. The topological polar surface area (TPSA) is 56.6 Å². The van der Waals surface area contributed by atoms with Gasteiger partial charge in [-0.1, -0.05) is 23.9 Å². The van der Waals surface area contributed by atoms with Gasteiger partial charge in [0, 0.05) is 25.6 Å². The number of ether oxygens (including phenoxy) is 2. The van der Waals surface area contributed by atoms with Gasteiger partial charge >= 0.3 is 0 Å². The molecule has 1 atom stereocenters. The first-order valence-electron chi connectivity index (χ1n) is 9.35. The molecule has 4 rings (SSSR count). The maximum atomic E-state index is 12.7. The minimum Gasteiger partial charge on any atom is -0.350 e. The Balaban J connectivity index is 1.39. The zero-order valence-electron chi connectivity index (χ0n) is 15.1. The summed E-state index contributed by atoms with van der Waals surface area (Å²) in [6.07, 6.45) is 1.94. The van der Waals surface area contributed by atoms with Crippen LogP contribution in [0.4, 0.5) is 0 Å². The van der Waals surface area contributed by atoms with Gasteiger partial charge in [-0.25, -0.2) is 4.98 Å². The maximum Gasteiger partial charge on any atom is 0.233 e. The molecule has 1 aromatic heterocycles. The number of benzene rings is 1. The average molecular weight is 375 g/mol. The summed E-state index contributed by atoms with van der Waals surface area (Å²) >= 11 is 1.53. The highest BCUT2D eigenvalue weighted by atomic mass is 32.2. The van der Waals surface area contributed by atoms with Crippen molar-refractivity contribution in [1.82, 2.24) is 14.5 Å². The highest BCUT2D eigenvalue weighted by Crippen LogP contribution is 2.27. The van der Waals surface area contributed by atoms with E-state index in [1.165, 1.54) is 11.8 Å². The lowest BCUT2D eigenvalue weighted by molar-refractivity contribution is -0.136. The molecule has 140 valence electrons. The second kappa shape index (κ2) is 7.98. The van der Waals surface area contributed by atoms with Crippen LogP contribution in [-0.2, 0) is 20.8 Å². The Kier molecular flexibility index (Phi) is 5.47. The number of piperidine rings is 1. The molecule has 3 heterocycles. The van der Waals surface area contributed by atoms with Gasteiger partial charge in [-0.05, 0) is 31.9 Å². The van der Waals surface area contributed by atoms with Crippen LogP contribution in [-0.4, -0.2) is 58.7 Å². The van der Waals surface area contributed by atoms with Crippen molar-refractivity contribution in [1.29, 1.82) is 0 Å². The number of aromatic nitrogens is 2. The van der Waals surface area contributed by atoms with E-state index in [-0.39, 0.29) is 12.2 Å². The van der Waals surface area contributed by atoms with Crippen LogP contribution in [0.25, 0.3) is 11.0 Å². The van der Waals surface area contributed by atoms with E-state index >= 15 is 0 Å². The van der Waals surface area contributed by atoms with Crippen molar-refractivity contribution < 1.29 is 14.3 Å². The number of likely N-dealkylation sites (tertiary alicyclic amines) is 1. The molecule has 6 nitrogen and oxygen atoms in total. The standard InChI is InChI=1S/C19H25N3O3S/c1-2-22-16-8-4-3-7-15(16)20-19(22)26-13-17(23)21-9-5-6-14(12-21)18-24-10-11-25-18/h3-4,7-8,14,18H,2,5-6,9-13H2,1H3. The van der Waals surface area contributed by atoms with Gasteiger partial charge in [-0.3, -0.25) is 4.79 Å². The number of thioether (sulfide) groups is 1. The molecule has 1 unspecified atom stereocenters. The Morgan fingerprint density at radius 3 is 2.92 bits per heavy atom. The predicted octanol–water partition coefficient (Wildman–Crippen LogP) is 2.76. The third kappa shape index (κ3) is 3.61. The van der Waals surface area contributed by atoms with Gasteiger partial charge < -0.3 is 18.9 Å². The van der Waals surface area contributed by atoms with Gasteiger partial charge in [0.1, 0.15) is 0 Å². The van der Waals surface area contributed by atoms with Crippen molar-refractivity contribution in [3.63, 3.8) is 0 Å². The molecular formula is C19H25N3O3S. The van der Waals surface area contributed by atoms with Crippen LogP contribution in [0.15, 0.2) is 29.4 Å². The van der Waals surface area contributed by atoms with Gasteiger partial charge in [-0.15, -0.1) is 0 Å². The van der Waals surface area contributed by atoms with Crippen LogP contribution in [0.2, 0.25) is 0 Å². The summed E-state index contributed by atoms with van der Waals surface area (Å²) < 4.78 is 13.4. The Labute approximate surface area is 157 Å². The summed E-state index contributed by atoms with van der Waals surface area (Å²) in [5.74, 6) is 0.885. The number of carbonyl (C=O) groups excluding carboxylic acids is 1. The van der Waals surface area contributed by atoms with Crippen molar-refractivity contribution in [2.24, 2.45) is 5.92 Å². The maximum absolute atomic E-state index is 12.7. The summed E-state index contributed by atoms with van der Waals surface area (Å²) in [6, 6.07) is 8.12. The zero-order chi connectivity index (χ0) is 17.9. The molecule has 2 aliphatic rings. The highest BCUT2D eigenvalue weighted by molar-refractivity contribution is 7.99. The smallest absolute Gasteiger partial charge is 0.233 e. The molecular weight excluding hydrogens is 350 g/mol. The van der Waals surface area contributed by atoms with Gasteiger partial charge in [0.2, 0.25) is 5.91 Å². The third-order valence-corrected chi connectivity index (χ3v) is 6.06. The molecule has 0 aliphatic carbocycles. The molecule has 1 aromatic carbocycles. The summed E-state index contributed by atoms with van der Waals surface area (Å²) in [5, 5.41) is 0.915. The Morgan fingerprint density at radius 1 is 1.31 bits per heavy atom. The Morgan fingerprint density at radius 2 is 2.12 bits per heavy atom. The molecule has 2 aromatic rings. The molecule has 0 spiro atoms. The first-order chi connectivity index (χ1) is 12.8.